The first-order chi connectivity index (χ1) is 23.8. The van der Waals surface area contributed by atoms with Gasteiger partial charge in [0.2, 0.25) is 0 Å². The second-order valence-electron chi connectivity index (χ2n) is 12.2. The normalized spacial score (nSPS) is 11.3. The maximum atomic E-state index is 6.60. The van der Waals surface area contributed by atoms with Crippen LogP contribution in [-0.4, -0.2) is 0 Å². The van der Waals surface area contributed by atoms with Crippen LogP contribution in [0.5, 0.6) is 0 Å². The predicted octanol–water partition coefficient (Wildman–Crippen LogP) is 13.2. The molecule has 2 heteroatoms. The molecule has 2 nitrogen and oxygen atoms in total. The number of fused-ring (bicyclic) bond motifs is 5. The van der Waals surface area contributed by atoms with E-state index in [1.165, 1.54) is 33.2 Å². The molecule has 0 bridgehead atoms. The van der Waals surface area contributed by atoms with Crippen molar-refractivity contribution in [2.45, 2.75) is 0 Å². The molecule has 226 valence electrons. The van der Waals surface area contributed by atoms with Gasteiger partial charge in [0, 0.05) is 33.2 Å². The number of hydrogen-bond donors (Lipinski definition) is 0. The van der Waals surface area contributed by atoms with Crippen molar-refractivity contribution in [1.82, 2.24) is 0 Å². The van der Waals surface area contributed by atoms with Gasteiger partial charge in [-0.25, -0.2) is 0 Å². The number of nitrogens with zero attached hydrogens (tertiary/aromatic N) is 1. The molecule has 9 aromatic rings. The Morgan fingerprint density at radius 1 is 0.312 bits per heavy atom. The Labute approximate surface area is 279 Å². The fraction of sp³-hybridized carbons (Fsp3) is 0. The molecule has 0 N–H and O–H groups in total. The predicted molar refractivity (Wildman–Crippen MR) is 202 cm³/mol. The van der Waals surface area contributed by atoms with Crippen LogP contribution in [0, 0.1) is 0 Å². The fourth-order valence-electron chi connectivity index (χ4n) is 6.89. The lowest BCUT2D eigenvalue weighted by Crippen LogP contribution is -2.09. The summed E-state index contributed by atoms with van der Waals surface area (Å²) in [6.45, 7) is 0. The lowest BCUT2D eigenvalue weighted by Gasteiger charge is -2.26. The van der Waals surface area contributed by atoms with Crippen molar-refractivity contribution in [1.29, 1.82) is 0 Å². The molecule has 0 saturated carbocycles. The van der Waals surface area contributed by atoms with E-state index in [0.717, 1.165) is 50.0 Å². The van der Waals surface area contributed by atoms with E-state index < -0.39 is 0 Å². The first-order valence-electron chi connectivity index (χ1n) is 16.3. The molecule has 0 aliphatic carbocycles. The Hall–Kier alpha value is -6.38. The van der Waals surface area contributed by atoms with Crippen molar-refractivity contribution in [3.8, 4) is 33.4 Å². The summed E-state index contributed by atoms with van der Waals surface area (Å²) in [7, 11) is 0. The largest absolute Gasteiger partial charge is 0.455 e. The summed E-state index contributed by atoms with van der Waals surface area (Å²) < 4.78 is 6.60. The molecule has 1 heterocycles. The van der Waals surface area contributed by atoms with Gasteiger partial charge in [-0.2, -0.15) is 0 Å². The van der Waals surface area contributed by atoms with Gasteiger partial charge in [0.1, 0.15) is 11.2 Å². The minimum Gasteiger partial charge on any atom is -0.455 e. The second kappa shape index (κ2) is 11.8. The van der Waals surface area contributed by atoms with Gasteiger partial charge in [-0.15, -0.1) is 0 Å². The highest BCUT2D eigenvalue weighted by Gasteiger charge is 2.17. The number of anilines is 3. The molecule has 9 rings (SSSR count). The van der Waals surface area contributed by atoms with Crippen molar-refractivity contribution < 1.29 is 4.42 Å². The average Bonchev–Trinajstić information content (AvgIpc) is 3.54. The third kappa shape index (κ3) is 4.92. The molecule has 0 amide bonds. The van der Waals surface area contributed by atoms with Gasteiger partial charge >= 0.3 is 0 Å². The first kappa shape index (κ1) is 27.9. The molecule has 8 aromatic carbocycles. The van der Waals surface area contributed by atoms with Crippen LogP contribution >= 0.6 is 0 Å². The van der Waals surface area contributed by atoms with Crippen LogP contribution in [0.3, 0.4) is 0 Å². The smallest absolute Gasteiger partial charge is 0.143 e. The quantitative estimate of drug-likeness (QED) is 0.185. The highest BCUT2D eigenvalue weighted by atomic mass is 16.3. The second-order valence-corrected chi connectivity index (χ2v) is 12.2. The first-order valence-corrected chi connectivity index (χ1v) is 16.3. The number of hydrogen-bond acceptors (Lipinski definition) is 2. The van der Waals surface area contributed by atoms with E-state index in [0.29, 0.717) is 0 Å². The van der Waals surface area contributed by atoms with E-state index in [1.54, 1.807) is 0 Å². The molecule has 0 aliphatic rings. The Kier molecular flexibility index (Phi) is 6.84. The van der Waals surface area contributed by atoms with E-state index in [4.69, 9.17) is 4.42 Å². The summed E-state index contributed by atoms with van der Waals surface area (Å²) in [5.74, 6) is 0. The van der Waals surface area contributed by atoms with Gasteiger partial charge in [0.15, 0.2) is 0 Å². The molecule has 48 heavy (non-hydrogen) atoms. The topological polar surface area (TPSA) is 16.4 Å². The lowest BCUT2D eigenvalue weighted by atomic mass is 9.95. The zero-order chi connectivity index (χ0) is 31.9. The van der Waals surface area contributed by atoms with Crippen LogP contribution in [-0.2, 0) is 0 Å². The molecular formula is C46H31NO. The van der Waals surface area contributed by atoms with Crippen molar-refractivity contribution in [3.63, 3.8) is 0 Å². The van der Waals surface area contributed by atoms with Gasteiger partial charge in [0.25, 0.3) is 0 Å². The summed E-state index contributed by atoms with van der Waals surface area (Å²) in [6.07, 6.45) is 0. The highest BCUT2D eigenvalue weighted by molar-refractivity contribution is 6.19. The van der Waals surface area contributed by atoms with Crippen molar-refractivity contribution in [2.24, 2.45) is 0 Å². The molecule has 0 radical (unpaired) electrons. The Bertz CT molecular complexity index is 2520. The fourth-order valence-corrected chi connectivity index (χ4v) is 6.89. The van der Waals surface area contributed by atoms with E-state index in [-0.39, 0.29) is 0 Å². The number of furan rings is 1. The third-order valence-corrected chi connectivity index (χ3v) is 9.27. The SMILES string of the molecule is c1ccc(-c2ccc(N(c3ccccc3)c3ccc(-c4cc5c6ccc(-c7ccccc7)cc6oc5c5ccccc45)cc3)cc2)cc1. The molecule has 0 atom stereocenters. The molecular weight excluding hydrogens is 583 g/mol. The number of rotatable bonds is 6. The monoisotopic (exact) mass is 613 g/mol. The van der Waals surface area contributed by atoms with Gasteiger partial charge in [0.05, 0.1) is 0 Å². The number of para-hydroxylation sites is 1. The van der Waals surface area contributed by atoms with Gasteiger partial charge < -0.3 is 9.32 Å². The number of benzene rings is 8. The van der Waals surface area contributed by atoms with E-state index in [2.05, 4.69) is 187 Å². The van der Waals surface area contributed by atoms with E-state index >= 15 is 0 Å². The van der Waals surface area contributed by atoms with Gasteiger partial charge in [-0.05, 0) is 93.4 Å². The summed E-state index contributed by atoms with van der Waals surface area (Å²) in [4.78, 5) is 2.31. The third-order valence-electron chi connectivity index (χ3n) is 9.27. The molecule has 0 saturated heterocycles. The van der Waals surface area contributed by atoms with Crippen LogP contribution in [0.15, 0.2) is 192 Å². The average molecular weight is 614 g/mol. The summed E-state index contributed by atoms with van der Waals surface area (Å²) in [5, 5.41) is 4.56. The summed E-state index contributed by atoms with van der Waals surface area (Å²) >= 11 is 0. The van der Waals surface area contributed by atoms with Crippen LogP contribution in [0.4, 0.5) is 17.1 Å². The summed E-state index contributed by atoms with van der Waals surface area (Å²) in [5.41, 5.74) is 12.3. The van der Waals surface area contributed by atoms with Crippen LogP contribution < -0.4 is 4.90 Å². The van der Waals surface area contributed by atoms with Crippen molar-refractivity contribution in [2.75, 3.05) is 4.90 Å². The lowest BCUT2D eigenvalue weighted by molar-refractivity contribution is 0.673. The highest BCUT2D eigenvalue weighted by Crippen LogP contribution is 2.42. The minimum absolute atomic E-state index is 0.904. The maximum absolute atomic E-state index is 6.60. The molecule has 0 aliphatic heterocycles. The van der Waals surface area contributed by atoms with Gasteiger partial charge in [-0.1, -0.05) is 133 Å². The summed E-state index contributed by atoms with van der Waals surface area (Å²) in [6, 6.07) is 66.8. The van der Waals surface area contributed by atoms with Gasteiger partial charge in [-0.3, -0.25) is 0 Å². The van der Waals surface area contributed by atoms with Crippen LogP contribution in [0.1, 0.15) is 0 Å². The minimum atomic E-state index is 0.904. The van der Waals surface area contributed by atoms with Crippen LogP contribution in [0.25, 0.3) is 66.1 Å². The van der Waals surface area contributed by atoms with E-state index in [1.807, 2.05) is 6.07 Å². The zero-order valence-electron chi connectivity index (χ0n) is 26.3. The standard InChI is InChI=1S/C46H31NO/c1-4-12-32(13-5-1)34-20-25-38(26-21-34)47(37-16-8-3-9-17-37)39-27-22-35(23-28-39)43-31-44-41-29-24-36(33-14-6-2-7-15-33)30-45(41)48-46(44)42-19-11-10-18-40(42)43/h1-31H. The maximum Gasteiger partial charge on any atom is 0.143 e. The molecule has 1 aromatic heterocycles. The van der Waals surface area contributed by atoms with Crippen molar-refractivity contribution >= 4 is 49.8 Å². The van der Waals surface area contributed by atoms with Crippen LogP contribution in [0.2, 0.25) is 0 Å². The molecule has 0 spiro atoms. The van der Waals surface area contributed by atoms with Crippen molar-refractivity contribution in [3.05, 3.63) is 188 Å². The molecule has 0 unspecified atom stereocenters. The Morgan fingerprint density at radius 3 is 1.44 bits per heavy atom. The Morgan fingerprint density at radius 2 is 0.792 bits per heavy atom. The zero-order valence-corrected chi connectivity index (χ0v) is 26.3. The Balaban J connectivity index is 1.14. The van der Waals surface area contributed by atoms with E-state index in [9.17, 15) is 0 Å². The molecule has 0 fully saturated rings.